The number of nitrogens with one attached hydrogen (secondary N) is 1. The maximum atomic E-state index is 7.18. The zero-order valence-corrected chi connectivity index (χ0v) is 6.91. The predicted molar refractivity (Wildman–Crippen MR) is 43.4 cm³/mol. The molecule has 0 rings (SSSR count). The van der Waals surface area contributed by atoms with E-state index in [0.717, 1.165) is 13.1 Å². The van der Waals surface area contributed by atoms with Gasteiger partial charge in [-0.3, -0.25) is 0 Å². The van der Waals surface area contributed by atoms with Crippen LogP contribution in [0.3, 0.4) is 0 Å². The van der Waals surface area contributed by atoms with E-state index < -0.39 is 0 Å². The van der Waals surface area contributed by atoms with E-state index in [1.54, 1.807) is 0 Å². The van der Waals surface area contributed by atoms with Crippen molar-refractivity contribution in [2.75, 3.05) is 13.1 Å². The first kappa shape index (κ1) is 11.6. The Hall–Kier alpha value is -0.200. The van der Waals surface area contributed by atoms with Gasteiger partial charge in [-0.05, 0) is 19.5 Å². The lowest BCUT2D eigenvalue weighted by atomic mass is 10.5. The van der Waals surface area contributed by atoms with Gasteiger partial charge in [-0.1, -0.05) is 26.5 Å². The van der Waals surface area contributed by atoms with Crippen LogP contribution in [0.1, 0.15) is 20.3 Å². The van der Waals surface area contributed by atoms with Gasteiger partial charge in [-0.25, -0.2) is 0 Å². The molecule has 0 heterocycles. The minimum absolute atomic E-state index is 1.10. The molecule has 0 aliphatic carbocycles. The van der Waals surface area contributed by atoms with Crippen LogP contribution in [0.25, 0.3) is 0 Å². The highest BCUT2D eigenvalue weighted by atomic mass is 32.1. The molecule has 0 atom stereocenters. The molecule has 3 heteroatoms. The molecule has 2 nitrogen and oxygen atoms in total. The number of nitrogens with zero attached hydrogens (tertiary/aromatic N) is 1. The van der Waals surface area contributed by atoms with E-state index in [2.05, 4.69) is 31.8 Å². The zero-order chi connectivity index (χ0) is 7.54. The molecule has 0 bridgehead atoms. The first-order chi connectivity index (χ1) is 4.33. The molecule has 0 saturated carbocycles. The van der Waals surface area contributed by atoms with Crippen molar-refractivity contribution < 1.29 is 0 Å². The van der Waals surface area contributed by atoms with E-state index in [1.165, 1.54) is 11.8 Å². The van der Waals surface area contributed by atoms with Crippen molar-refractivity contribution in [2.24, 2.45) is 0 Å². The van der Waals surface area contributed by atoms with Crippen LogP contribution in [0.2, 0.25) is 0 Å². The second-order valence-electron chi connectivity index (χ2n) is 1.45. The molecule has 0 unspecified atom stereocenters. The summed E-state index contributed by atoms with van der Waals surface area (Å²) in [6, 6.07) is 0. The van der Waals surface area contributed by atoms with Crippen molar-refractivity contribution in [1.82, 2.24) is 5.32 Å². The Morgan fingerprint density at radius 3 is 2.11 bits per heavy atom. The second kappa shape index (κ2) is 15.7. The fourth-order valence-corrected chi connectivity index (χ4v) is 0.354. The quantitative estimate of drug-likeness (QED) is 0.359. The van der Waals surface area contributed by atoms with Crippen molar-refractivity contribution >= 4 is 12.6 Å². The summed E-state index contributed by atoms with van der Waals surface area (Å²) in [5.41, 5.74) is 0. The van der Waals surface area contributed by atoms with Crippen LogP contribution in [0.15, 0.2) is 0 Å². The number of thiocyanates is 1. The van der Waals surface area contributed by atoms with Crippen LogP contribution < -0.4 is 5.32 Å². The summed E-state index contributed by atoms with van der Waals surface area (Å²) >= 11 is 3.09. The molecule has 0 aromatic heterocycles. The Labute approximate surface area is 62.7 Å². The largest absolute Gasteiger partial charge is 0.317 e. The van der Waals surface area contributed by atoms with Gasteiger partial charge in [0.15, 0.2) is 0 Å². The molecule has 0 aromatic carbocycles. The zero-order valence-electron chi connectivity index (χ0n) is 6.02. The smallest absolute Gasteiger partial charge is 0.130 e. The number of hydrogen-bond donors (Lipinski definition) is 2. The van der Waals surface area contributed by atoms with Crippen LogP contribution in [-0.2, 0) is 0 Å². The number of nitriles is 1. The molecule has 0 saturated heterocycles. The Kier molecular flexibility index (Phi) is 20.1. The maximum absolute atomic E-state index is 7.18. The summed E-state index contributed by atoms with van der Waals surface area (Å²) in [6.07, 6.45) is 1.24. The van der Waals surface area contributed by atoms with E-state index in [9.17, 15) is 0 Å². The minimum Gasteiger partial charge on any atom is -0.317 e. The lowest BCUT2D eigenvalue weighted by molar-refractivity contribution is 0.703. The fourth-order valence-electron chi connectivity index (χ4n) is 0.354. The molecule has 0 amide bonds. The lowest BCUT2D eigenvalue weighted by Gasteiger charge is -1.91. The molecule has 0 aliphatic heterocycles. The molecule has 0 spiro atoms. The SMILES string of the molecule is CCCNCC.N#CS. The monoisotopic (exact) mass is 146 g/mol. The molecule has 0 radical (unpaired) electrons. The topological polar surface area (TPSA) is 35.8 Å². The van der Waals surface area contributed by atoms with Crippen LogP contribution in [0.5, 0.6) is 0 Å². The van der Waals surface area contributed by atoms with Crippen molar-refractivity contribution in [3.63, 3.8) is 0 Å². The van der Waals surface area contributed by atoms with Crippen molar-refractivity contribution in [2.45, 2.75) is 20.3 Å². The van der Waals surface area contributed by atoms with Gasteiger partial charge >= 0.3 is 0 Å². The van der Waals surface area contributed by atoms with Crippen LogP contribution in [0.4, 0.5) is 0 Å². The molecule has 0 aromatic rings. The highest BCUT2D eigenvalue weighted by Gasteiger charge is 1.71. The summed E-state index contributed by atoms with van der Waals surface area (Å²) in [4.78, 5) is 0. The summed E-state index contributed by atoms with van der Waals surface area (Å²) < 4.78 is 0. The van der Waals surface area contributed by atoms with Crippen molar-refractivity contribution in [3.8, 4) is 5.40 Å². The number of hydrogen-bond acceptors (Lipinski definition) is 3. The number of rotatable bonds is 3. The lowest BCUT2D eigenvalue weighted by Crippen LogP contribution is -2.12. The third kappa shape index (κ3) is 33.5. The van der Waals surface area contributed by atoms with Gasteiger partial charge in [0.25, 0.3) is 0 Å². The van der Waals surface area contributed by atoms with E-state index in [0.29, 0.717) is 0 Å². The third-order valence-electron chi connectivity index (χ3n) is 0.677. The highest BCUT2D eigenvalue weighted by Crippen LogP contribution is 1.65. The average molecular weight is 146 g/mol. The van der Waals surface area contributed by atoms with Crippen LogP contribution in [-0.4, -0.2) is 13.1 Å². The number of thiol groups is 1. The maximum Gasteiger partial charge on any atom is 0.130 e. The Balaban J connectivity index is 0. The molecule has 54 valence electrons. The van der Waals surface area contributed by atoms with E-state index in [4.69, 9.17) is 5.26 Å². The normalized spacial score (nSPS) is 6.89. The van der Waals surface area contributed by atoms with Gasteiger partial charge in [0.05, 0.1) is 0 Å². The Bertz CT molecular complexity index is 63.9. The van der Waals surface area contributed by atoms with Gasteiger partial charge in [-0.2, -0.15) is 5.26 Å². The first-order valence-corrected chi connectivity index (χ1v) is 3.52. The van der Waals surface area contributed by atoms with Crippen molar-refractivity contribution in [1.29, 1.82) is 5.26 Å². The highest BCUT2D eigenvalue weighted by molar-refractivity contribution is 7.85. The Morgan fingerprint density at radius 1 is 1.56 bits per heavy atom. The van der Waals surface area contributed by atoms with Crippen LogP contribution in [0, 0.1) is 10.7 Å². The van der Waals surface area contributed by atoms with E-state index >= 15 is 0 Å². The summed E-state index contributed by atoms with van der Waals surface area (Å²) in [5, 5.41) is 11.8. The molecule has 9 heavy (non-hydrogen) atoms. The summed E-state index contributed by atoms with van der Waals surface area (Å²) in [5.74, 6) is 0. The van der Waals surface area contributed by atoms with Gasteiger partial charge < -0.3 is 5.32 Å². The van der Waals surface area contributed by atoms with Crippen LogP contribution >= 0.6 is 12.6 Å². The van der Waals surface area contributed by atoms with E-state index in [-0.39, 0.29) is 0 Å². The molecule has 1 N–H and O–H groups in total. The fraction of sp³-hybridized carbons (Fsp3) is 0.833. The summed E-state index contributed by atoms with van der Waals surface area (Å²) in [7, 11) is 0. The molecule has 0 aliphatic rings. The van der Waals surface area contributed by atoms with Gasteiger partial charge in [0.1, 0.15) is 5.40 Å². The third-order valence-corrected chi connectivity index (χ3v) is 0.677. The first-order valence-electron chi connectivity index (χ1n) is 3.07. The van der Waals surface area contributed by atoms with Gasteiger partial charge in [0, 0.05) is 0 Å². The second-order valence-corrected chi connectivity index (χ2v) is 1.65. The average Bonchev–Trinajstić information content (AvgIpc) is 1.86. The predicted octanol–water partition coefficient (Wildman–Crippen LogP) is 1.40. The van der Waals surface area contributed by atoms with Gasteiger partial charge in [0.2, 0.25) is 0 Å². The molecular formula is C6H14N2S. The van der Waals surface area contributed by atoms with Crippen molar-refractivity contribution in [3.05, 3.63) is 0 Å². The minimum atomic E-state index is 1.10. The van der Waals surface area contributed by atoms with E-state index in [1.807, 2.05) is 0 Å². The standard InChI is InChI=1S/C5H13N.CHNS/c1-3-5-6-4-2;2-1-3/h6H,3-5H2,1-2H3;3H. The van der Waals surface area contributed by atoms with Gasteiger partial charge in [-0.15, -0.1) is 0 Å². The Morgan fingerprint density at radius 2 is 2.00 bits per heavy atom. The molecule has 0 fully saturated rings. The summed E-state index contributed by atoms with van der Waals surface area (Å²) in [6.45, 7) is 6.56. The molecular weight excluding hydrogens is 132 g/mol.